The third-order valence-electron chi connectivity index (χ3n) is 4.93. The van der Waals surface area contributed by atoms with Crippen molar-refractivity contribution in [2.45, 2.75) is 25.9 Å². The lowest BCUT2D eigenvalue weighted by atomic mass is 10.00. The number of benzene rings is 2. The zero-order chi connectivity index (χ0) is 17.6. The molecule has 0 spiro atoms. The van der Waals surface area contributed by atoms with Crippen molar-refractivity contribution in [3.63, 3.8) is 0 Å². The second-order valence-electron chi connectivity index (χ2n) is 6.57. The van der Waals surface area contributed by atoms with E-state index in [1.807, 2.05) is 18.2 Å². The standard InChI is InChI=1S/C21H27N3O.ClH/c1-3-16-7-9-18(10-8-16)20-14-23-11-12-24(20)15-17-5-4-6-19(13-17)21(25)22-2;/h4-10,13,20,23H,3,11-12,14-15H2,1-2H3,(H,22,25);1H. The van der Waals surface area contributed by atoms with Crippen molar-refractivity contribution in [2.24, 2.45) is 0 Å². The lowest BCUT2D eigenvalue weighted by Gasteiger charge is -2.36. The lowest BCUT2D eigenvalue weighted by Crippen LogP contribution is -2.45. The molecule has 2 aromatic carbocycles. The maximum absolute atomic E-state index is 11.9. The minimum Gasteiger partial charge on any atom is -0.355 e. The number of hydrogen-bond donors (Lipinski definition) is 2. The molecule has 1 unspecified atom stereocenters. The van der Waals surface area contributed by atoms with Crippen molar-refractivity contribution < 1.29 is 4.79 Å². The lowest BCUT2D eigenvalue weighted by molar-refractivity contribution is 0.0962. The van der Waals surface area contributed by atoms with Crippen molar-refractivity contribution >= 4 is 18.3 Å². The molecule has 0 aliphatic carbocycles. The van der Waals surface area contributed by atoms with Gasteiger partial charge in [-0.05, 0) is 35.2 Å². The topological polar surface area (TPSA) is 44.4 Å². The van der Waals surface area contributed by atoms with Gasteiger partial charge in [0.25, 0.3) is 5.91 Å². The molecule has 1 amide bonds. The predicted octanol–water partition coefficient (Wildman–Crippen LogP) is 3.18. The van der Waals surface area contributed by atoms with Crippen LogP contribution in [0.25, 0.3) is 0 Å². The first-order valence-corrected chi connectivity index (χ1v) is 9.06. The fourth-order valence-corrected chi connectivity index (χ4v) is 3.43. The van der Waals surface area contributed by atoms with Crippen molar-refractivity contribution in [3.05, 3.63) is 70.8 Å². The Kier molecular flexibility index (Phi) is 7.64. The number of piperazine rings is 1. The molecule has 1 heterocycles. The van der Waals surface area contributed by atoms with Crippen LogP contribution < -0.4 is 10.6 Å². The first-order chi connectivity index (χ1) is 12.2. The number of halogens is 1. The molecule has 26 heavy (non-hydrogen) atoms. The Labute approximate surface area is 162 Å². The number of carbonyl (C=O) groups is 1. The van der Waals surface area contributed by atoms with Crippen LogP contribution in [0.1, 0.15) is 40.0 Å². The number of aryl methyl sites for hydroxylation is 1. The van der Waals surface area contributed by atoms with E-state index >= 15 is 0 Å². The Hall–Kier alpha value is -1.88. The smallest absolute Gasteiger partial charge is 0.251 e. The van der Waals surface area contributed by atoms with Gasteiger partial charge < -0.3 is 10.6 Å². The summed E-state index contributed by atoms with van der Waals surface area (Å²) in [5, 5.41) is 6.21. The van der Waals surface area contributed by atoms with Crippen LogP contribution in [0.5, 0.6) is 0 Å². The molecule has 1 fully saturated rings. The van der Waals surface area contributed by atoms with Crippen LogP contribution >= 0.6 is 12.4 Å². The van der Waals surface area contributed by atoms with Gasteiger partial charge in [-0.2, -0.15) is 0 Å². The number of nitrogens with zero attached hydrogens (tertiary/aromatic N) is 1. The van der Waals surface area contributed by atoms with E-state index in [2.05, 4.69) is 52.8 Å². The Morgan fingerprint density at radius 1 is 1.19 bits per heavy atom. The van der Waals surface area contributed by atoms with Crippen LogP contribution in [-0.2, 0) is 13.0 Å². The molecule has 5 heteroatoms. The fraction of sp³-hybridized carbons (Fsp3) is 0.381. The van der Waals surface area contributed by atoms with Gasteiger partial charge in [0, 0.05) is 44.8 Å². The van der Waals surface area contributed by atoms with E-state index in [-0.39, 0.29) is 18.3 Å². The van der Waals surface area contributed by atoms with Gasteiger partial charge >= 0.3 is 0 Å². The first-order valence-electron chi connectivity index (χ1n) is 9.06. The maximum atomic E-state index is 11.9. The molecule has 2 N–H and O–H groups in total. The molecular weight excluding hydrogens is 346 g/mol. The summed E-state index contributed by atoms with van der Waals surface area (Å²) < 4.78 is 0. The van der Waals surface area contributed by atoms with Crippen LogP contribution in [0.3, 0.4) is 0 Å². The summed E-state index contributed by atoms with van der Waals surface area (Å²) in [6, 6.07) is 17.3. The largest absolute Gasteiger partial charge is 0.355 e. The number of hydrogen-bond acceptors (Lipinski definition) is 3. The van der Waals surface area contributed by atoms with Crippen molar-refractivity contribution in [1.82, 2.24) is 15.5 Å². The van der Waals surface area contributed by atoms with Gasteiger partial charge in [0.15, 0.2) is 0 Å². The van der Waals surface area contributed by atoms with E-state index in [9.17, 15) is 4.79 Å². The number of amides is 1. The number of carbonyl (C=O) groups excluding carboxylic acids is 1. The van der Waals surface area contributed by atoms with Gasteiger partial charge in [-0.3, -0.25) is 9.69 Å². The molecule has 1 aliphatic rings. The number of nitrogens with one attached hydrogen (secondary N) is 2. The summed E-state index contributed by atoms with van der Waals surface area (Å²) in [5.74, 6) is -0.0335. The molecule has 1 atom stereocenters. The molecule has 4 nitrogen and oxygen atoms in total. The average molecular weight is 374 g/mol. The molecule has 0 bridgehead atoms. The molecule has 1 aliphatic heterocycles. The summed E-state index contributed by atoms with van der Waals surface area (Å²) >= 11 is 0. The average Bonchev–Trinajstić information content (AvgIpc) is 2.68. The van der Waals surface area contributed by atoms with Crippen molar-refractivity contribution in [2.75, 3.05) is 26.7 Å². The quantitative estimate of drug-likeness (QED) is 0.846. The van der Waals surface area contributed by atoms with Crippen LogP contribution in [0.15, 0.2) is 48.5 Å². The second-order valence-corrected chi connectivity index (χ2v) is 6.57. The summed E-state index contributed by atoms with van der Waals surface area (Å²) in [6.07, 6.45) is 1.07. The van der Waals surface area contributed by atoms with Crippen LogP contribution in [-0.4, -0.2) is 37.5 Å². The maximum Gasteiger partial charge on any atom is 0.251 e. The third kappa shape index (κ3) is 4.85. The third-order valence-corrected chi connectivity index (χ3v) is 4.93. The molecule has 2 aromatic rings. The molecule has 140 valence electrons. The Balaban J connectivity index is 0.00000243. The highest BCUT2D eigenvalue weighted by Crippen LogP contribution is 2.25. The van der Waals surface area contributed by atoms with E-state index in [1.54, 1.807) is 7.05 Å². The predicted molar refractivity (Wildman–Crippen MR) is 109 cm³/mol. The molecule has 1 saturated heterocycles. The summed E-state index contributed by atoms with van der Waals surface area (Å²) in [5.41, 5.74) is 4.63. The van der Waals surface area contributed by atoms with Crippen molar-refractivity contribution in [1.29, 1.82) is 0 Å². The molecule has 0 radical (unpaired) electrons. The summed E-state index contributed by atoms with van der Waals surface area (Å²) in [4.78, 5) is 14.4. The minimum atomic E-state index is -0.0335. The summed E-state index contributed by atoms with van der Waals surface area (Å²) in [6.45, 7) is 6.00. The normalized spacial score (nSPS) is 17.4. The van der Waals surface area contributed by atoms with E-state index in [0.717, 1.165) is 38.2 Å². The van der Waals surface area contributed by atoms with E-state index in [1.165, 1.54) is 16.7 Å². The highest BCUT2D eigenvalue weighted by Gasteiger charge is 2.23. The molecule has 0 aromatic heterocycles. The van der Waals surface area contributed by atoms with E-state index in [4.69, 9.17) is 0 Å². The Bertz CT molecular complexity index is 717. The van der Waals surface area contributed by atoms with Gasteiger partial charge in [0.2, 0.25) is 0 Å². The molecule has 3 rings (SSSR count). The van der Waals surface area contributed by atoms with Gasteiger partial charge in [0.1, 0.15) is 0 Å². The zero-order valence-corrected chi connectivity index (χ0v) is 16.3. The minimum absolute atomic E-state index is 0. The van der Waals surface area contributed by atoms with Gasteiger partial charge in [-0.25, -0.2) is 0 Å². The molecular formula is C21H28ClN3O. The highest BCUT2D eigenvalue weighted by molar-refractivity contribution is 5.94. The van der Waals surface area contributed by atoms with Gasteiger partial charge in [-0.15, -0.1) is 12.4 Å². The molecule has 0 saturated carbocycles. The fourth-order valence-electron chi connectivity index (χ4n) is 3.43. The first kappa shape index (κ1) is 20.4. The van der Waals surface area contributed by atoms with E-state index < -0.39 is 0 Å². The summed E-state index contributed by atoms with van der Waals surface area (Å²) in [7, 11) is 1.67. The van der Waals surface area contributed by atoms with Crippen LogP contribution in [0, 0.1) is 0 Å². The van der Waals surface area contributed by atoms with Gasteiger partial charge in [0.05, 0.1) is 0 Å². The van der Waals surface area contributed by atoms with E-state index in [0.29, 0.717) is 6.04 Å². The second kappa shape index (κ2) is 9.72. The number of rotatable bonds is 5. The van der Waals surface area contributed by atoms with Crippen molar-refractivity contribution in [3.8, 4) is 0 Å². The Morgan fingerprint density at radius 3 is 2.65 bits per heavy atom. The van der Waals surface area contributed by atoms with Gasteiger partial charge in [-0.1, -0.05) is 43.3 Å². The van der Waals surface area contributed by atoms with Crippen LogP contribution in [0.2, 0.25) is 0 Å². The SMILES string of the molecule is CCc1ccc(C2CNCCN2Cc2cccc(C(=O)NC)c2)cc1.Cl. The zero-order valence-electron chi connectivity index (χ0n) is 15.5. The Morgan fingerprint density at radius 2 is 1.96 bits per heavy atom. The monoisotopic (exact) mass is 373 g/mol. The van der Waals surface area contributed by atoms with Crippen LogP contribution in [0.4, 0.5) is 0 Å². The highest BCUT2D eigenvalue weighted by atomic mass is 35.5.